The summed E-state index contributed by atoms with van der Waals surface area (Å²) in [5.41, 5.74) is 4.88. The maximum Gasteiger partial charge on any atom is 0.417 e. The van der Waals surface area contributed by atoms with Crippen molar-refractivity contribution in [2.75, 3.05) is 5.73 Å². The second kappa shape index (κ2) is 4.99. The smallest absolute Gasteiger partial charge is 0.399 e. The molecule has 0 aromatic heterocycles. The van der Waals surface area contributed by atoms with Crippen LogP contribution in [0.5, 0.6) is 0 Å². The van der Waals surface area contributed by atoms with Crippen molar-refractivity contribution in [1.82, 2.24) is 0 Å². The van der Waals surface area contributed by atoms with Crippen LogP contribution in [0, 0.1) is 0 Å². The third-order valence-corrected chi connectivity index (χ3v) is 3.56. The Bertz CT molecular complexity index is 363. The van der Waals surface area contributed by atoms with Crippen LogP contribution in [0.2, 0.25) is 0 Å². The summed E-state index contributed by atoms with van der Waals surface area (Å²) >= 11 is 1.23. The van der Waals surface area contributed by atoms with Crippen molar-refractivity contribution >= 4 is 17.4 Å². The van der Waals surface area contributed by atoms with Gasteiger partial charge in [0.2, 0.25) is 0 Å². The SMILES string of the molecule is CCC(C)Sc1ccc(N)cc1C(F)(F)F. The van der Waals surface area contributed by atoms with Gasteiger partial charge in [0.05, 0.1) is 5.56 Å². The van der Waals surface area contributed by atoms with Gasteiger partial charge in [0.25, 0.3) is 0 Å². The molecular formula is C11H14F3NS. The molecule has 0 heterocycles. The Morgan fingerprint density at radius 3 is 2.50 bits per heavy atom. The zero-order valence-electron chi connectivity index (χ0n) is 9.14. The molecular weight excluding hydrogens is 235 g/mol. The van der Waals surface area contributed by atoms with Gasteiger partial charge in [-0.1, -0.05) is 13.8 Å². The lowest BCUT2D eigenvalue weighted by Crippen LogP contribution is -2.08. The summed E-state index contributed by atoms with van der Waals surface area (Å²) in [6.07, 6.45) is -3.52. The molecule has 0 aliphatic rings. The molecule has 5 heteroatoms. The van der Waals surface area contributed by atoms with Crippen LogP contribution >= 0.6 is 11.8 Å². The fourth-order valence-corrected chi connectivity index (χ4v) is 2.22. The van der Waals surface area contributed by atoms with Crippen LogP contribution in [-0.2, 0) is 6.18 Å². The Morgan fingerprint density at radius 1 is 1.38 bits per heavy atom. The largest absolute Gasteiger partial charge is 0.417 e. The lowest BCUT2D eigenvalue weighted by Gasteiger charge is -2.15. The summed E-state index contributed by atoms with van der Waals surface area (Å²) in [6, 6.07) is 3.93. The molecule has 0 amide bonds. The van der Waals surface area contributed by atoms with E-state index >= 15 is 0 Å². The first-order valence-corrected chi connectivity index (χ1v) is 5.86. The van der Waals surface area contributed by atoms with Crippen molar-refractivity contribution < 1.29 is 13.2 Å². The van der Waals surface area contributed by atoms with E-state index < -0.39 is 11.7 Å². The number of benzene rings is 1. The summed E-state index contributed by atoms with van der Waals surface area (Å²) in [4.78, 5) is 0.246. The van der Waals surface area contributed by atoms with Gasteiger partial charge in [-0.3, -0.25) is 0 Å². The quantitative estimate of drug-likeness (QED) is 0.642. The van der Waals surface area contributed by atoms with Gasteiger partial charge < -0.3 is 5.73 Å². The molecule has 0 bridgehead atoms. The van der Waals surface area contributed by atoms with Crippen LogP contribution in [0.3, 0.4) is 0 Å². The van der Waals surface area contributed by atoms with Gasteiger partial charge in [-0.15, -0.1) is 11.8 Å². The first-order chi connectivity index (χ1) is 7.34. The van der Waals surface area contributed by atoms with E-state index in [1.807, 2.05) is 13.8 Å². The van der Waals surface area contributed by atoms with Crippen LogP contribution in [0.25, 0.3) is 0 Å². The second-order valence-electron chi connectivity index (χ2n) is 3.59. The summed E-state index contributed by atoms with van der Waals surface area (Å²) < 4.78 is 38.1. The van der Waals surface area contributed by atoms with Gasteiger partial charge in [0.15, 0.2) is 0 Å². The lowest BCUT2D eigenvalue weighted by molar-refractivity contribution is -0.139. The van der Waals surface area contributed by atoms with Gasteiger partial charge in [0.1, 0.15) is 0 Å². The van der Waals surface area contributed by atoms with Gasteiger partial charge in [-0.25, -0.2) is 0 Å². The molecule has 0 aliphatic heterocycles. The standard InChI is InChI=1S/C11H14F3NS/c1-3-7(2)16-10-5-4-8(15)6-9(10)11(12,13)14/h4-7H,3,15H2,1-2H3. The highest BCUT2D eigenvalue weighted by molar-refractivity contribution is 8.00. The Morgan fingerprint density at radius 2 is 2.00 bits per heavy atom. The number of rotatable bonds is 3. The number of nitrogens with two attached hydrogens (primary N) is 1. The van der Waals surface area contributed by atoms with Crippen LogP contribution in [0.15, 0.2) is 23.1 Å². The minimum absolute atomic E-state index is 0.140. The fraction of sp³-hybridized carbons (Fsp3) is 0.455. The summed E-state index contributed by atoms with van der Waals surface area (Å²) in [5.74, 6) is 0. The van der Waals surface area contributed by atoms with Gasteiger partial charge in [-0.2, -0.15) is 13.2 Å². The van der Waals surface area contributed by atoms with Crippen molar-refractivity contribution in [3.63, 3.8) is 0 Å². The van der Waals surface area contributed by atoms with Crippen LogP contribution in [0.4, 0.5) is 18.9 Å². The number of halogens is 3. The molecule has 90 valence electrons. The van der Waals surface area contributed by atoms with E-state index in [1.165, 1.54) is 23.9 Å². The number of anilines is 1. The first kappa shape index (κ1) is 13.2. The number of thioether (sulfide) groups is 1. The highest BCUT2D eigenvalue weighted by Crippen LogP contribution is 2.39. The predicted octanol–water partition coefficient (Wildman–Crippen LogP) is 4.18. The van der Waals surface area contributed by atoms with Gasteiger partial charge in [-0.05, 0) is 24.6 Å². The molecule has 1 rings (SSSR count). The van der Waals surface area contributed by atoms with Crippen LogP contribution < -0.4 is 5.73 Å². The zero-order valence-corrected chi connectivity index (χ0v) is 9.95. The molecule has 0 spiro atoms. The molecule has 0 saturated carbocycles. The van der Waals surface area contributed by atoms with Crippen molar-refractivity contribution in [2.45, 2.75) is 36.6 Å². The normalized spacial score (nSPS) is 13.8. The predicted molar refractivity (Wildman–Crippen MR) is 61.5 cm³/mol. The van der Waals surface area contributed by atoms with Crippen molar-refractivity contribution in [2.24, 2.45) is 0 Å². The highest BCUT2D eigenvalue weighted by Gasteiger charge is 2.33. The molecule has 1 aromatic rings. The number of hydrogen-bond acceptors (Lipinski definition) is 2. The first-order valence-electron chi connectivity index (χ1n) is 4.98. The molecule has 0 aliphatic carbocycles. The molecule has 1 aromatic carbocycles. The average molecular weight is 249 g/mol. The number of hydrogen-bond donors (Lipinski definition) is 1. The van der Waals surface area contributed by atoms with Crippen molar-refractivity contribution in [3.05, 3.63) is 23.8 Å². The second-order valence-corrected chi connectivity index (χ2v) is 5.07. The summed E-state index contributed by atoms with van der Waals surface area (Å²) in [6.45, 7) is 3.85. The van der Waals surface area contributed by atoms with Crippen LogP contribution in [0.1, 0.15) is 25.8 Å². The monoisotopic (exact) mass is 249 g/mol. The summed E-state index contributed by atoms with van der Waals surface area (Å²) in [7, 11) is 0. The number of nitrogen functional groups attached to an aromatic ring is 1. The third-order valence-electron chi connectivity index (χ3n) is 2.21. The highest BCUT2D eigenvalue weighted by atomic mass is 32.2. The molecule has 1 unspecified atom stereocenters. The minimum Gasteiger partial charge on any atom is -0.399 e. The Hall–Kier alpha value is -0.840. The maximum absolute atomic E-state index is 12.7. The topological polar surface area (TPSA) is 26.0 Å². The van der Waals surface area contributed by atoms with E-state index in [0.717, 1.165) is 12.5 Å². The van der Waals surface area contributed by atoms with E-state index in [2.05, 4.69) is 0 Å². The molecule has 0 fully saturated rings. The maximum atomic E-state index is 12.7. The summed E-state index contributed by atoms with van der Waals surface area (Å²) in [5, 5.41) is 0.157. The Kier molecular flexibility index (Phi) is 4.13. The fourth-order valence-electron chi connectivity index (χ4n) is 1.17. The van der Waals surface area contributed by atoms with E-state index in [0.29, 0.717) is 0 Å². The molecule has 0 radical (unpaired) electrons. The van der Waals surface area contributed by atoms with Gasteiger partial charge >= 0.3 is 6.18 Å². The van der Waals surface area contributed by atoms with E-state index in [9.17, 15) is 13.2 Å². The molecule has 1 atom stereocenters. The molecule has 2 N–H and O–H groups in total. The zero-order chi connectivity index (χ0) is 12.3. The van der Waals surface area contributed by atoms with E-state index in [1.54, 1.807) is 0 Å². The van der Waals surface area contributed by atoms with E-state index in [4.69, 9.17) is 5.73 Å². The minimum atomic E-state index is -4.34. The van der Waals surface area contributed by atoms with Crippen molar-refractivity contribution in [3.8, 4) is 0 Å². The molecule has 0 saturated heterocycles. The average Bonchev–Trinajstić information content (AvgIpc) is 2.19. The number of alkyl halides is 3. The van der Waals surface area contributed by atoms with Gasteiger partial charge in [0, 0.05) is 15.8 Å². The molecule has 16 heavy (non-hydrogen) atoms. The molecule has 1 nitrogen and oxygen atoms in total. The lowest BCUT2D eigenvalue weighted by atomic mass is 10.2. The third kappa shape index (κ3) is 3.33. The van der Waals surface area contributed by atoms with Crippen molar-refractivity contribution in [1.29, 1.82) is 0 Å². The Labute approximate surface area is 97.2 Å². The van der Waals surface area contributed by atoms with Crippen LogP contribution in [-0.4, -0.2) is 5.25 Å². The van der Waals surface area contributed by atoms with E-state index in [-0.39, 0.29) is 15.8 Å². The Balaban J connectivity index is 3.08.